The van der Waals surface area contributed by atoms with Crippen LogP contribution >= 0.6 is 0 Å². The van der Waals surface area contributed by atoms with Crippen LogP contribution in [0.2, 0.25) is 0 Å². The molecule has 0 bridgehead atoms. The van der Waals surface area contributed by atoms with Gasteiger partial charge in [-0.2, -0.15) is 5.53 Å². The summed E-state index contributed by atoms with van der Waals surface area (Å²) in [5.41, 5.74) is 2.16. The third-order valence-electron chi connectivity index (χ3n) is 1.51. The zero-order valence-corrected chi connectivity index (χ0v) is 7.79. The molecule has 0 unspecified atom stereocenters. The topological polar surface area (TPSA) is 174 Å². The van der Waals surface area contributed by atoms with Gasteiger partial charge in [0.1, 0.15) is 0 Å². The molecule has 0 aromatic carbocycles. The first kappa shape index (κ1) is 10.4. The smallest absolute Gasteiger partial charge is 0.377 e. The van der Waals surface area contributed by atoms with Gasteiger partial charge in [-0.05, 0) is 20.9 Å². The monoisotopic (exact) mass is 241 g/mol. The summed E-state index contributed by atoms with van der Waals surface area (Å²) in [6.07, 6.45) is 0. The molecule has 0 fully saturated rings. The second-order valence-electron chi connectivity index (χ2n) is 2.54. The number of rotatable bonds is 4. The fourth-order valence-electron chi connectivity index (χ4n) is 0.865. The van der Waals surface area contributed by atoms with Crippen LogP contribution in [-0.4, -0.2) is 62.8 Å². The highest BCUT2D eigenvalue weighted by Gasteiger charge is 2.18. The van der Waals surface area contributed by atoms with E-state index in [0.717, 1.165) is 0 Å². The SMILES string of the molecule is O=C(O)c1nnnn1Nn1nnnc1C(=O)O. The summed E-state index contributed by atoms with van der Waals surface area (Å²) in [5.74, 6) is -3.94. The second-order valence-corrected chi connectivity index (χ2v) is 2.54. The van der Waals surface area contributed by atoms with Crippen molar-refractivity contribution >= 4 is 11.9 Å². The molecular formula is C4H3N9O4. The number of carboxylic acids is 2. The van der Waals surface area contributed by atoms with Crippen molar-refractivity contribution in [2.45, 2.75) is 0 Å². The van der Waals surface area contributed by atoms with E-state index in [1.165, 1.54) is 0 Å². The Hall–Kier alpha value is -3.12. The van der Waals surface area contributed by atoms with E-state index in [4.69, 9.17) is 10.2 Å². The van der Waals surface area contributed by atoms with Crippen LogP contribution in [0.3, 0.4) is 0 Å². The maximum absolute atomic E-state index is 10.6. The Balaban J connectivity index is 2.32. The minimum absolute atomic E-state index is 0.558. The Morgan fingerprint density at radius 1 is 0.941 bits per heavy atom. The lowest BCUT2D eigenvalue weighted by atomic mass is 10.6. The van der Waals surface area contributed by atoms with Gasteiger partial charge in [-0.3, -0.25) is 0 Å². The van der Waals surface area contributed by atoms with Crippen molar-refractivity contribution in [3.8, 4) is 0 Å². The quantitative estimate of drug-likeness (QED) is 0.499. The first-order valence-electron chi connectivity index (χ1n) is 3.90. The van der Waals surface area contributed by atoms with Gasteiger partial charge in [-0.15, -0.1) is 9.58 Å². The normalized spacial score (nSPS) is 10.1. The summed E-state index contributed by atoms with van der Waals surface area (Å²) >= 11 is 0. The largest absolute Gasteiger partial charge is 0.475 e. The molecule has 0 saturated heterocycles. The van der Waals surface area contributed by atoms with Gasteiger partial charge in [0.25, 0.3) is 11.6 Å². The highest BCUT2D eigenvalue weighted by Crippen LogP contribution is 1.92. The zero-order chi connectivity index (χ0) is 12.4. The number of carboxylic acid groups (broad SMARTS) is 2. The van der Waals surface area contributed by atoms with E-state index in [-0.39, 0.29) is 0 Å². The molecular weight excluding hydrogens is 238 g/mol. The summed E-state index contributed by atoms with van der Waals surface area (Å²) in [4.78, 5) is 22.5. The highest BCUT2D eigenvalue weighted by molar-refractivity contribution is 5.83. The van der Waals surface area contributed by atoms with Crippen molar-refractivity contribution in [1.29, 1.82) is 0 Å². The number of carbonyl (C=O) groups is 2. The molecule has 0 aliphatic heterocycles. The Morgan fingerprint density at radius 3 is 1.71 bits per heavy atom. The molecule has 0 aliphatic rings. The van der Waals surface area contributed by atoms with E-state index < -0.39 is 23.6 Å². The molecule has 0 saturated carbocycles. The van der Waals surface area contributed by atoms with Crippen molar-refractivity contribution in [2.75, 3.05) is 5.53 Å². The molecule has 2 aromatic heterocycles. The number of tetrazole rings is 2. The van der Waals surface area contributed by atoms with Crippen molar-refractivity contribution in [3.63, 3.8) is 0 Å². The van der Waals surface area contributed by atoms with Crippen molar-refractivity contribution in [2.24, 2.45) is 0 Å². The highest BCUT2D eigenvalue weighted by atomic mass is 16.4. The van der Waals surface area contributed by atoms with E-state index in [0.29, 0.717) is 9.58 Å². The zero-order valence-electron chi connectivity index (χ0n) is 7.79. The summed E-state index contributed by atoms with van der Waals surface area (Å²) in [6.45, 7) is 0. The van der Waals surface area contributed by atoms with Crippen molar-refractivity contribution < 1.29 is 19.8 Å². The number of nitrogens with zero attached hydrogens (tertiary/aromatic N) is 8. The third kappa shape index (κ3) is 1.83. The van der Waals surface area contributed by atoms with Crippen molar-refractivity contribution in [3.05, 3.63) is 11.6 Å². The van der Waals surface area contributed by atoms with E-state index in [2.05, 4.69) is 36.6 Å². The van der Waals surface area contributed by atoms with Gasteiger partial charge in [0.2, 0.25) is 0 Å². The van der Waals surface area contributed by atoms with Crippen LogP contribution in [0.4, 0.5) is 0 Å². The standard InChI is InChI=1S/C4H3N9O4/c14-3(15)1-5-7-9-12(1)11-13-2(4(16)17)6-8-10-13/h11H,(H,14,15)(H,16,17). The van der Waals surface area contributed by atoms with Crippen molar-refractivity contribution in [1.82, 2.24) is 40.6 Å². The lowest BCUT2D eigenvalue weighted by Gasteiger charge is -2.04. The van der Waals surface area contributed by atoms with Gasteiger partial charge >= 0.3 is 11.9 Å². The number of aromatic carboxylic acids is 2. The van der Waals surface area contributed by atoms with Crippen LogP contribution < -0.4 is 5.53 Å². The molecule has 0 atom stereocenters. The fourth-order valence-corrected chi connectivity index (χ4v) is 0.865. The Labute approximate surface area is 90.6 Å². The third-order valence-corrected chi connectivity index (χ3v) is 1.51. The van der Waals surface area contributed by atoms with Gasteiger partial charge in [-0.1, -0.05) is 10.2 Å². The first-order chi connectivity index (χ1) is 8.09. The van der Waals surface area contributed by atoms with E-state index in [1.54, 1.807) is 0 Å². The summed E-state index contributed by atoms with van der Waals surface area (Å²) in [7, 11) is 0. The second kappa shape index (κ2) is 3.80. The fraction of sp³-hybridized carbons (Fsp3) is 0. The van der Waals surface area contributed by atoms with Crippen LogP contribution in [0.1, 0.15) is 21.2 Å². The van der Waals surface area contributed by atoms with Crippen LogP contribution in [0.5, 0.6) is 0 Å². The van der Waals surface area contributed by atoms with E-state index in [1.807, 2.05) is 0 Å². The molecule has 17 heavy (non-hydrogen) atoms. The maximum atomic E-state index is 10.6. The molecule has 0 spiro atoms. The number of aromatic nitrogens is 8. The predicted molar refractivity (Wildman–Crippen MR) is 44.3 cm³/mol. The average Bonchev–Trinajstić information content (AvgIpc) is 2.86. The minimum atomic E-state index is -1.41. The Morgan fingerprint density at radius 2 is 1.35 bits per heavy atom. The van der Waals surface area contributed by atoms with Gasteiger partial charge < -0.3 is 10.2 Å². The van der Waals surface area contributed by atoms with Gasteiger partial charge in [0.05, 0.1) is 0 Å². The molecule has 13 heteroatoms. The Bertz CT molecular complexity index is 521. The number of nitrogens with one attached hydrogen (secondary N) is 1. The Kier molecular flexibility index (Phi) is 2.32. The molecule has 2 aromatic rings. The summed E-state index contributed by atoms with van der Waals surface area (Å²) in [5, 5.41) is 36.4. The molecule has 0 aliphatic carbocycles. The van der Waals surface area contributed by atoms with Gasteiger partial charge in [-0.25, -0.2) is 9.59 Å². The van der Waals surface area contributed by atoms with Crippen LogP contribution in [-0.2, 0) is 0 Å². The van der Waals surface area contributed by atoms with E-state index >= 15 is 0 Å². The average molecular weight is 241 g/mol. The molecule has 3 N–H and O–H groups in total. The lowest BCUT2D eigenvalue weighted by molar-refractivity contribution is 0.0673. The van der Waals surface area contributed by atoms with Crippen LogP contribution in [0, 0.1) is 0 Å². The van der Waals surface area contributed by atoms with E-state index in [9.17, 15) is 9.59 Å². The minimum Gasteiger partial charge on any atom is -0.475 e. The number of hydrogen-bond donors (Lipinski definition) is 3. The summed E-state index contributed by atoms with van der Waals surface area (Å²) in [6, 6.07) is 0. The molecule has 13 nitrogen and oxygen atoms in total. The van der Waals surface area contributed by atoms with Crippen LogP contribution in [0.25, 0.3) is 0 Å². The van der Waals surface area contributed by atoms with Gasteiger partial charge in [0, 0.05) is 0 Å². The molecule has 88 valence electrons. The van der Waals surface area contributed by atoms with Gasteiger partial charge in [0.15, 0.2) is 0 Å². The summed E-state index contributed by atoms with van der Waals surface area (Å²) < 4.78 is 0. The maximum Gasteiger partial charge on any atom is 0.377 e. The molecule has 0 radical (unpaired) electrons. The molecule has 2 rings (SSSR count). The first-order valence-corrected chi connectivity index (χ1v) is 3.90. The molecule has 0 amide bonds. The molecule has 2 heterocycles. The van der Waals surface area contributed by atoms with Crippen LogP contribution in [0.15, 0.2) is 0 Å². The predicted octanol–water partition coefficient (Wildman–Crippen LogP) is -2.94. The lowest BCUT2D eigenvalue weighted by Crippen LogP contribution is -2.30. The number of hydrogen-bond acceptors (Lipinski definition) is 9.